The van der Waals surface area contributed by atoms with Crippen LogP contribution in [-0.2, 0) is 6.18 Å². The van der Waals surface area contributed by atoms with Crippen molar-refractivity contribution >= 4 is 27.5 Å². The third kappa shape index (κ3) is 1.56. The van der Waals surface area contributed by atoms with Crippen molar-refractivity contribution in [3.63, 3.8) is 0 Å². The molecule has 0 bridgehead atoms. The number of aromatic nitrogens is 2. The lowest BCUT2D eigenvalue weighted by molar-refractivity contribution is -0.136. The Balaban J connectivity index is 2.87. The molecule has 0 aromatic carbocycles. The van der Waals surface area contributed by atoms with Gasteiger partial charge in [-0.25, -0.2) is 4.98 Å². The number of aromatic amines is 1. The Morgan fingerprint density at radius 3 is 2.73 bits per heavy atom. The third-order valence-corrected chi connectivity index (χ3v) is 2.64. The Kier molecular flexibility index (Phi) is 1.97. The van der Waals surface area contributed by atoms with Gasteiger partial charge in [0, 0.05) is 5.38 Å². The molecule has 0 radical (unpaired) electrons. The van der Waals surface area contributed by atoms with E-state index in [1.54, 1.807) is 0 Å². The fourth-order valence-corrected chi connectivity index (χ4v) is 2.13. The van der Waals surface area contributed by atoms with Crippen molar-refractivity contribution in [2.75, 3.05) is 5.73 Å². The average Bonchev–Trinajstić information content (AvgIpc) is 2.45. The molecule has 0 saturated carbocycles. The average molecular weight is 235 g/mol. The number of halogens is 3. The lowest BCUT2D eigenvalue weighted by Crippen LogP contribution is -2.14. The van der Waals surface area contributed by atoms with Crippen LogP contribution in [0.5, 0.6) is 0 Å². The smallest absolute Gasteiger partial charge is 0.369 e. The van der Waals surface area contributed by atoms with Gasteiger partial charge in [0.1, 0.15) is 4.83 Å². The van der Waals surface area contributed by atoms with Crippen molar-refractivity contribution in [3.05, 3.63) is 21.3 Å². The largest absolute Gasteiger partial charge is 0.418 e. The predicted octanol–water partition coefficient (Wildman–Crippen LogP) is 1.59. The van der Waals surface area contributed by atoms with Crippen molar-refractivity contribution in [1.82, 2.24) is 9.97 Å². The van der Waals surface area contributed by atoms with E-state index in [4.69, 9.17) is 5.73 Å². The first-order chi connectivity index (χ1) is 6.89. The van der Waals surface area contributed by atoms with E-state index in [1.807, 2.05) is 4.98 Å². The van der Waals surface area contributed by atoms with Crippen LogP contribution in [0.2, 0.25) is 0 Å². The summed E-state index contributed by atoms with van der Waals surface area (Å²) in [6.07, 6.45) is -4.55. The molecule has 0 unspecified atom stereocenters. The first-order valence-corrected chi connectivity index (χ1v) is 4.62. The molecule has 2 aromatic rings. The summed E-state index contributed by atoms with van der Waals surface area (Å²) >= 11 is 0.738. The van der Waals surface area contributed by atoms with Crippen molar-refractivity contribution < 1.29 is 13.2 Å². The summed E-state index contributed by atoms with van der Waals surface area (Å²) in [6.45, 7) is 0. The normalized spacial score (nSPS) is 12.2. The van der Waals surface area contributed by atoms with Crippen LogP contribution in [0, 0.1) is 0 Å². The summed E-state index contributed by atoms with van der Waals surface area (Å²) in [5.41, 5.74) is 3.36. The number of nitrogens with zero attached hydrogens (tertiary/aromatic N) is 1. The fourth-order valence-electron chi connectivity index (χ4n) is 1.17. The van der Waals surface area contributed by atoms with E-state index in [9.17, 15) is 18.0 Å². The first kappa shape index (κ1) is 9.97. The number of thiophene rings is 1. The van der Waals surface area contributed by atoms with Gasteiger partial charge in [-0.1, -0.05) is 0 Å². The van der Waals surface area contributed by atoms with Crippen LogP contribution in [0.1, 0.15) is 5.56 Å². The number of nitrogen functional groups attached to an aromatic ring is 1. The number of nitrogens with two attached hydrogens (primary N) is 1. The zero-order valence-electron chi connectivity index (χ0n) is 7.05. The van der Waals surface area contributed by atoms with Gasteiger partial charge in [0.05, 0.1) is 10.9 Å². The summed E-state index contributed by atoms with van der Waals surface area (Å²) in [4.78, 5) is 16.9. The molecule has 0 spiro atoms. The van der Waals surface area contributed by atoms with E-state index < -0.39 is 22.7 Å². The molecule has 2 aromatic heterocycles. The van der Waals surface area contributed by atoms with Gasteiger partial charge < -0.3 is 5.73 Å². The molecule has 0 saturated heterocycles. The first-order valence-electron chi connectivity index (χ1n) is 3.74. The van der Waals surface area contributed by atoms with Crippen molar-refractivity contribution in [2.45, 2.75) is 6.18 Å². The van der Waals surface area contributed by atoms with Gasteiger partial charge >= 0.3 is 6.18 Å². The molecule has 2 rings (SSSR count). The minimum atomic E-state index is -4.55. The maximum absolute atomic E-state index is 12.4. The highest BCUT2D eigenvalue weighted by Gasteiger charge is 2.35. The third-order valence-electron chi connectivity index (χ3n) is 1.77. The number of fused-ring (bicyclic) bond motifs is 1. The maximum atomic E-state index is 12.4. The zero-order valence-corrected chi connectivity index (χ0v) is 7.87. The lowest BCUT2D eigenvalue weighted by atomic mass is 10.2. The van der Waals surface area contributed by atoms with E-state index in [1.165, 1.54) is 0 Å². The van der Waals surface area contributed by atoms with Crippen LogP contribution in [0.3, 0.4) is 0 Å². The van der Waals surface area contributed by atoms with Crippen LogP contribution < -0.4 is 11.3 Å². The summed E-state index contributed by atoms with van der Waals surface area (Å²) in [7, 11) is 0. The van der Waals surface area contributed by atoms with Crippen molar-refractivity contribution in [3.8, 4) is 0 Å². The minimum Gasteiger partial charge on any atom is -0.369 e. The van der Waals surface area contributed by atoms with Crippen LogP contribution in [-0.4, -0.2) is 9.97 Å². The Hall–Kier alpha value is -1.57. The molecule has 3 N–H and O–H groups in total. The van der Waals surface area contributed by atoms with E-state index >= 15 is 0 Å². The molecule has 0 aliphatic carbocycles. The molecule has 80 valence electrons. The number of hydrogen-bond donors (Lipinski definition) is 2. The Morgan fingerprint density at radius 1 is 1.47 bits per heavy atom. The SMILES string of the molecule is Nc1nc2scc(C(F)(F)F)c2c(=O)[nH]1. The van der Waals surface area contributed by atoms with E-state index in [0.29, 0.717) is 0 Å². The van der Waals surface area contributed by atoms with Gasteiger partial charge in [0.15, 0.2) is 0 Å². The highest BCUT2D eigenvalue weighted by molar-refractivity contribution is 7.16. The van der Waals surface area contributed by atoms with Crippen LogP contribution in [0.4, 0.5) is 19.1 Å². The molecule has 8 heteroatoms. The van der Waals surface area contributed by atoms with Gasteiger partial charge in [-0.3, -0.25) is 9.78 Å². The van der Waals surface area contributed by atoms with Gasteiger partial charge in [-0.15, -0.1) is 11.3 Å². The van der Waals surface area contributed by atoms with Crippen LogP contribution in [0.25, 0.3) is 10.2 Å². The molecule has 0 amide bonds. The van der Waals surface area contributed by atoms with Gasteiger partial charge in [-0.2, -0.15) is 13.2 Å². The number of H-pyrrole nitrogens is 1. The molecule has 0 aliphatic rings. The van der Waals surface area contributed by atoms with Crippen LogP contribution >= 0.6 is 11.3 Å². The Labute approximate surface area is 84.6 Å². The molecule has 4 nitrogen and oxygen atoms in total. The van der Waals surface area contributed by atoms with E-state index in [-0.39, 0.29) is 10.8 Å². The van der Waals surface area contributed by atoms with Crippen molar-refractivity contribution in [1.29, 1.82) is 0 Å². The highest BCUT2D eigenvalue weighted by atomic mass is 32.1. The van der Waals surface area contributed by atoms with Gasteiger partial charge in [0.25, 0.3) is 5.56 Å². The molecule has 0 aliphatic heterocycles. The van der Waals surface area contributed by atoms with Gasteiger partial charge in [0.2, 0.25) is 5.95 Å². The highest BCUT2D eigenvalue weighted by Crippen LogP contribution is 2.36. The number of nitrogens with one attached hydrogen (secondary N) is 1. The molecule has 2 heterocycles. The second kappa shape index (κ2) is 2.96. The van der Waals surface area contributed by atoms with E-state index in [0.717, 1.165) is 16.7 Å². The summed E-state index contributed by atoms with van der Waals surface area (Å²) in [5.74, 6) is -0.192. The molecular formula is C7H4F3N3OS. The second-order valence-corrected chi connectivity index (χ2v) is 3.64. The molecular weight excluding hydrogens is 231 g/mol. The predicted molar refractivity (Wildman–Crippen MR) is 49.7 cm³/mol. The molecule has 0 atom stereocenters. The number of alkyl halides is 3. The van der Waals surface area contributed by atoms with E-state index in [2.05, 4.69) is 4.98 Å². The topological polar surface area (TPSA) is 71.8 Å². The quantitative estimate of drug-likeness (QED) is 0.728. The lowest BCUT2D eigenvalue weighted by Gasteiger charge is -2.03. The fraction of sp³-hybridized carbons (Fsp3) is 0.143. The standard InChI is InChI=1S/C7H4F3N3OS/c8-7(9,10)2-1-15-5-3(2)4(14)12-6(11)13-5/h1H,(H3,11,12,13,14). The maximum Gasteiger partial charge on any atom is 0.418 e. The zero-order chi connectivity index (χ0) is 11.2. The van der Waals surface area contributed by atoms with Crippen molar-refractivity contribution in [2.24, 2.45) is 0 Å². The molecule has 0 fully saturated rings. The van der Waals surface area contributed by atoms with Crippen LogP contribution in [0.15, 0.2) is 10.2 Å². The Morgan fingerprint density at radius 2 is 2.13 bits per heavy atom. The number of hydrogen-bond acceptors (Lipinski definition) is 4. The second-order valence-electron chi connectivity index (χ2n) is 2.78. The Bertz CT molecular complexity index is 571. The minimum absolute atomic E-state index is 0.0106. The monoisotopic (exact) mass is 235 g/mol. The molecule has 15 heavy (non-hydrogen) atoms. The van der Waals surface area contributed by atoms with Gasteiger partial charge in [-0.05, 0) is 0 Å². The summed E-state index contributed by atoms with van der Waals surface area (Å²) < 4.78 is 37.3. The number of rotatable bonds is 0. The summed E-state index contributed by atoms with van der Waals surface area (Å²) in [5, 5.41) is 0.397. The number of anilines is 1. The summed E-state index contributed by atoms with van der Waals surface area (Å²) in [6, 6.07) is 0.